The molecule has 1 amide bonds. The minimum Gasteiger partial charge on any atom is -0.486 e. The second kappa shape index (κ2) is 10.0. The molecule has 7 nitrogen and oxygen atoms in total. The molecule has 3 aromatic rings. The number of hydrogen-bond acceptors (Lipinski definition) is 7. The summed E-state index contributed by atoms with van der Waals surface area (Å²) in [6.45, 7) is 3.27. The van der Waals surface area contributed by atoms with Gasteiger partial charge in [-0.15, -0.1) is 11.3 Å². The molecule has 9 heteroatoms. The van der Waals surface area contributed by atoms with Crippen LogP contribution >= 0.6 is 11.3 Å². The van der Waals surface area contributed by atoms with Gasteiger partial charge in [-0.25, -0.2) is 9.18 Å². The smallest absolute Gasteiger partial charge is 0.374 e. The molecule has 0 spiro atoms. The van der Waals surface area contributed by atoms with Crippen molar-refractivity contribution in [1.82, 2.24) is 5.32 Å². The summed E-state index contributed by atoms with van der Waals surface area (Å²) >= 11 is 1.22. The van der Waals surface area contributed by atoms with E-state index in [0.717, 1.165) is 4.88 Å². The molecule has 0 bridgehead atoms. The Morgan fingerprint density at radius 3 is 2.55 bits per heavy atom. The fraction of sp³-hybridized carbons (Fsp3) is 0.227. The average molecular weight is 445 g/mol. The maximum absolute atomic E-state index is 12.9. The summed E-state index contributed by atoms with van der Waals surface area (Å²) in [7, 11) is 0. The second-order valence-electron chi connectivity index (χ2n) is 6.60. The van der Waals surface area contributed by atoms with Crippen LogP contribution in [0.5, 0.6) is 5.75 Å². The zero-order valence-corrected chi connectivity index (χ0v) is 17.7. The van der Waals surface area contributed by atoms with Gasteiger partial charge in [-0.2, -0.15) is 0 Å². The Balaban J connectivity index is 1.53. The van der Waals surface area contributed by atoms with Crippen LogP contribution in [-0.2, 0) is 22.7 Å². The molecule has 0 fully saturated rings. The molecular weight excluding hydrogens is 425 g/mol. The molecule has 1 unspecified atom stereocenters. The van der Waals surface area contributed by atoms with E-state index in [1.54, 1.807) is 18.2 Å². The van der Waals surface area contributed by atoms with E-state index in [1.165, 1.54) is 55.5 Å². The first-order chi connectivity index (χ1) is 14.8. The van der Waals surface area contributed by atoms with Crippen LogP contribution in [0.15, 0.2) is 52.9 Å². The number of thiophene rings is 1. The van der Waals surface area contributed by atoms with Gasteiger partial charge in [0.25, 0.3) is 0 Å². The average Bonchev–Trinajstić information content (AvgIpc) is 3.41. The minimum absolute atomic E-state index is 0.0413. The summed E-state index contributed by atoms with van der Waals surface area (Å²) in [5.41, 5.74) is 0. The molecular formula is C22H20FNO6S. The number of furan rings is 1. The second-order valence-corrected chi connectivity index (χ2v) is 7.76. The van der Waals surface area contributed by atoms with Crippen LogP contribution in [0.1, 0.15) is 44.7 Å². The molecule has 0 aliphatic heterocycles. The summed E-state index contributed by atoms with van der Waals surface area (Å²) in [5, 5.41) is 2.66. The number of rotatable bonds is 9. The van der Waals surface area contributed by atoms with E-state index >= 15 is 0 Å². The quantitative estimate of drug-likeness (QED) is 0.393. The normalized spacial score (nSPS) is 11.6. The predicted molar refractivity (Wildman–Crippen MR) is 110 cm³/mol. The topological polar surface area (TPSA) is 94.8 Å². The van der Waals surface area contributed by atoms with Crippen molar-refractivity contribution >= 4 is 29.0 Å². The first-order valence-corrected chi connectivity index (χ1v) is 10.2. The molecule has 31 heavy (non-hydrogen) atoms. The first kappa shape index (κ1) is 22.2. The summed E-state index contributed by atoms with van der Waals surface area (Å²) in [4.78, 5) is 37.1. The third-order valence-electron chi connectivity index (χ3n) is 4.13. The van der Waals surface area contributed by atoms with Crippen molar-refractivity contribution in [3.63, 3.8) is 0 Å². The van der Waals surface area contributed by atoms with Gasteiger partial charge in [0.05, 0.1) is 11.4 Å². The van der Waals surface area contributed by atoms with E-state index in [1.807, 2.05) is 0 Å². The van der Waals surface area contributed by atoms with Gasteiger partial charge in [0.2, 0.25) is 17.5 Å². The number of Topliss-reactive ketones (excluding diaryl/α,β-unsaturated/α-hetero) is 1. The monoisotopic (exact) mass is 445 g/mol. The number of halogens is 1. The van der Waals surface area contributed by atoms with Gasteiger partial charge >= 0.3 is 5.97 Å². The van der Waals surface area contributed by atoms with Crippen LogP contribution in [0, 0.1) is 5.82 Å². The Morgan fingerprint density at radius 1 is 1.10 bits per heavy atom. The number of nitrogens with one attached hydrogen (secondary N) is 1. The summed E-state index contributed by atoms with van der Waals surface area (Å²) < 4.78 is 29.0. The van der Waals surface area contributed by atoms with E-state index in [0.29, 0.717) is 22.9 Å². The van der Waals surface area contributed by atoms with Crippen molar-refractivity contribution in [2.24, 2.45) is 0 Å². The molecule has 0 saturated heterocycles. The number of carbonyl (C=O) groups excluding carboxylic acids is 3. The highest BCUT2D eigenvalue weighted by Gasteiger charge is 2.23. The van der Waals surface area contributed by atoms with Crippen molar-refractivity contribution in [2.45, 2.75) is 33.1 Å². The lowest BCUT2D eigenvalue weighted by atomic mass is 10.2. The van der Waals surface area contributed by atoms with Crippen molar-refractivity contribution in [3.8, 4) is 5.75 Å². The largest absolute Gasteiger partial charge is 0.486 e. The maximum atomic E-state index is 12.9. The lowest BCUT2D eigenvalue weighted by Crippen LogP contribution is -2.23. The van der Waals surface area contributed by atoms with Gasteiger partial charge in [0.15, 0.2) is 6.10 Å². The minimum atomic E-state index is -1.01. The van der Waals surface area contributed by atoms with Crippen LogP contribution < -0.4 is 10.1 Å². The van der Waals surface area contributed by atoms with Gasteiger partial charge in [-0.1, -0.05) is 0 Å². The highest BCUT2D eigenvalue weighted by atomic mass is 32.1. The van der Waals surface area contributed by atoms with Crippen molar-refractivity contribution in [2.75, 3.05) is 0 Å². The van der Waals surface area contributed by atoms with Crippen LogP contribution in [0.4, 0.5) is 4.39 Å². The standard InChI is InChI=1S/C22H20FNO6S/c1-13(21(26)20-10-8-18(31-20)11-24-14(2)25)29-22(27)19-9-7-17(30-19)12-28-16-5-3-15(23)4-6-16/h3-10,13H,11-12H2,1-2H3,(H,24,25). The third kappa shape index (κ3) is 6.26. The fourth-order valence-corrected chi connectivity index (χ4v) is 3.51. The van der Waals surface area contributed by atoms with Crippen molar-refractivity contribution in [1.29, 1.82) is 0 Å². The van der Waals surface area contributed by atoms with E-state index in [2.05, 4.69) is 5.32 Å². The van der Waals surface area contributed by atoms with Gasteiger partial charge < -0.3 is 19.2 Å². The molecule has 0 aliphatic carbocycles. The highest BCUT2D eigenvalue weighted by Crippen LogP contribution is 2.20. The van der Waals surface area contributed by atoms with Gasteiger partial charge in [-0.05, 0) is 55.5 Å². The SMILES string of the molecule is CC(=O)NCc1ccc(C(=O)C(C)OC(=O)c2ccc(COc3ccc(F)cc3)o2)s1. The van der Waals surface area contributed by atoms with E-state index in [-0.39, 0.29) is 29.9 Å². The zero-order valence-electron chi connectivity index (χ0n) is 16.8. The van der Waals surface area contributed by atoms with Crippen molar-refractivity contribution in [3.05, 3.63) is 75.6 Å². The molecule has 3 rings (SSSR count). The molecule has 0 saturated carbocycles. The lowest BCUT2D eigenvalue weighted by molar-refractivity contribution is -0.119. The zero-order chi connectivity index (χ0) is 22.4. The molecule has 2 heterocycles. The summed E-state index contributed by atoms with van der Waals surface area (Å²) in [5.74, 6) is -0.890. The van der Waals surface area contributed by atoms with E-state index in [9.17, 15) is 18.8 Å². The maximum Gasteiger partial charge on any atom is 0.374 e. The molecule has 0 radical (unpaired) electrons. The number of benzene rings is 1. The molecule has 2 aromatic heterocycles. The number of ether oxygens (including phenoxy) is 2. The Labute approximate surface area is 181 Å². The van der Waals surface area contributed by atoms with Gasteiger partial charge in [-0.3, -0.25) is 9.59 Å². The van der Waals surface area contributed by atoms with Crippen LogP contribution in [0.25, 0.3) is 0 Å². The lowest BCUT2D eigenvalue weighted by Gasteiger charge is -2.10. The van der Waals surface area contributed by atoms with E-state index in [4.69, 9.17) is 13.9 Å². The number of carbonyl (C=O) groups is 3. The molecule has 1 N–H and O–H groups in total. The van der Waals surface area contributed by atoms with E-state index < -0.39 is 12.1 Å². The van der Waals surface area contributed by atoms with Crippen LogP contribution in [-0.4, -0.2) is 23.8 Å². The Morgan fingerprint density at radius 2 is 1.84 bits per heavy atom. The molecule has 162 valence electrons. The van der Waals surface area contributed by atoms with Gasteiger partial charge in [0.1, 0.15) is 23.9 Å². The summed E-state index contributed by atoms with van der Waals surface area (Å²) in [6, 6.07) is 11.9. The first-order valence-electron chi connectivity index (χ1n) is 9.37. The molecule has 1 atom stereocenters. The van der Waals surface area contributed by atoms with Gasteiger partial charge in [0, 0.05) is 11.8 Å². The Hall–Kier alpha value is -3.46. The highest BCUT2D eigenvalue weighted by molar-refractivity contribution is 7.14. The number of esters is 1. The Kier molecular flexibility index (Phi) is 7.19. The van der Waals surface area contributed by atoms with Crippen molar-refractivity contribution < 1.29 is 32.7 Å². The molecule has 1 aromatic carbocycles. The van der Waals surface area contributed by atoms with Crippen LogP contribution in [0.2, 0.25) is 0 Å². The number of ketones is 1. The molecule has 0 aliphatic rings. The number of amides is 1. The summed E-state index contributed by atoms with van der Waals surface area (Å²) in [6.07, 6.45) is -1.01. The van der Waals surface area contributed by atoms with Crippen LogP contribution in [0.3, 0.4) is 0 Å². The predicted octanol–water partition coefficient (Wildman–Crippen LogP) is 4.12. The Bertz CT molecular complexity index is 1070. The number of hydrogen-bond donors (Lipinski definition) is 1. The third-order valence-corrected chi connectivity index (χ3v) is 5.23. The fourth-order valence-electron chi connectivity index (χ4n) is 2.54.